The van der Waals surface area contributed by atoms with Crippen LogP contribution >= 0.6 is 23.2 Å². The predicted molar refractivity (Wildman–Crippen MR) is 114 cm³/mol. The second kappa shape index (κ2) is 7.09. The summed E-state index contributed by atoms with van der Waals surface area (Å²) >= 11 is 12.5. The van der Waals surface area contributed by atoms with E-state index in [9.17, 15) is 4.79 Å². The first-order valence-corrected chi connectivity index (χ1v) is 10.2. The summed E-state index contributed by atoms with van der Waals surface area (Å²) < 4.78 is 2.19. The minimum atomic E-state index is -0.192. The van der Waals surface area contributed by atoms with Gasteiger partial charge in [-0.25, -0.2) is 4.98 Å². The minimum Gasteiger partial charge on any atom is -0.337 e. The topological polar surface area (TPSA) is 38.1 Å². The highest BCUT2D eigenvalue weighted by molar-refractivity contribution is 6.35. The minimum absolute atomic E-state index is 0.0604. The van der Waals surface area contributed by atoms with E-state index >= 15 is 0 Å². The number of carbonyl (C=O) groups excluding carboxylic acids is 1. The molecule has 1 atom stereocenters. The third-order valence-corrected chi connectivity index (χ3v) is 5.91. The average molecular weight is 416 g/mol. The van der Waals surface area contributed by atoms with Crippen molar-refractivity contribution in [3.63, 3.8) is 0 Å². The summed E-state index contributed by atoms with van der Waals surface area (Å²) in [4.78, 5) is 19.5. The number of benzene rings is 2. The monoisotopic (exact) mass is 415 g/mol. The molecule has 0 N–H and O–H groups in total. The first-order chi connectivity index (χ1) is 13.2. The van der Waals surface area contributed by atoms with Gasteiger partial charge in [0.25, 0.3) is 0 Å². The zero-order valence-electron chi connectivity index (χ0n) is 16.2. The number of likely N-dealkylation sites (tertiary alicyclic amines) is 1. The fourth-order valence-electron chi connectivity index (χ4n) is 3.92. The summed E-state index contributed by atoms with van der Waals surface area (Å²) in [5.74, 6) is 1.18. The summed E-state index contributed by atoms with van der Waals surface area (Å²) in [6, 6.07) is 13.6. The zero-order chi connectivity index (χ0) is 20.1. The number of carbonyl (C=O) groups is 1. The van der Waals surface area contributed by atoms with Crippen molar-refractivity contribution in [2.75, 3.05) is 6.54 Å². The van der Waals surface area contributed by atoms with E-state index in [0.29, 0.717) is 29.6 Å². The molecule has 0 saturated carbocycles. The highest BCUT2D eigenvalue weighted by Crippen LogP contribution is 2.34. The molecule has 4 nitrogen and oxygen atoms in total. The Morgan fingerprint density at radius 3 is 2.57 bits per heavy atom. The van der Waals surface area contributed by atoms with Crippen LogP contribution in [0.3, 0.4) is 0 Å². The van der Waals surface area contributed by atoms with E-state index in [1.54, 1.807) is 6.07 Å². The highest BCUT2D eigenvalue weighted by Gasteiger charge is 2.39. The molecule has 2 aromatic carbocycles. The number of fused-ring (bicyclic) bond motifs is 1. The van der Waals surface area contributed by atoms with Crippen molar-refractivity contribution in [2.24, 2.45) is 0 Å². The quantitative estimate of drug-likeness (QED) is 0.565. The van der Waals surface area contributed by atoms with Crippen LogP contribution in [0.4, 0.5) is 0 Å². The first kappa shape index (κ1) is 19.3. The molecule has 1 unspecified atom stereocenters. The van der Waals surface area contributed by atoms with E-state index in [1.807, 2.05) is 35.2 Å². The number of hydrogen-bond donors (Lipinski definition) is 0. The van der Waals surface area contributed by atoms with Crippen LogP contribution in [0.2, 0.25) is 10.0 Å². The van der Waals surface area contributed by atoms with Crippen molar-refractivity contribution in [3.05, 3.63) is 63.9 Å². The lowest BCUT2D eigenvalue weighted by Gasteiger charge is -2.32. The zero-order valence-corrected chi connectivity index (χ0v) is 17.8. The average Bonchev–Trinajstić information content (AvgIpc) is 3.18. The number of rotatable bonds is 3. The third kappa shape index (κ3) is 3.51. The van der Waals surface area contributed by atoms with Crippen LogP contribution in [-0.4, -0.2) is 32.4 Å². The lowest BCUT2D eigenvalue weighted by Crippen LogP contribution is -2.42. The molecule has 1 aromatic heterocycles. The van der Waals surface area contributed by atoms with Gasteiger partial charge in [0.1, 0.15) is 5.82 Å². The Bertz CT molecular complexity index is 1050. The number of aromatic nitrogens is 2. The summed E-state index contributed by atoms with van der Waals surface area (Å²) in [6.45, 7) is 7.49. The molecule has 3 aromatic rings. The van der Waals surface area contributed by atoms with Crippen LogP contribution < -0.4 is 0 Å². The largest absolute Gasteiger partial charge is 0.337 e. The lowest BCUT2D eigenvalue weighted by molar-refractivity contribution is -0.131. The Morgan fingerprint density at radius 1 is 1.14 bits per heavy atom. The van der Waals surface area contributed by atoms with Crippen molar-refractivity contribution in [2.45, 2.75) is 45.2 Å². The molecule has 4 rings (SSSR count). The van der Waals surface area contributed by atoms with Crippen LogP contribution in [0, 0.1) is 0 Å². The van der Waals surface area contributed by atoms with Gasteiger partial charge in [-0.1, -0.05) is 41.4 Å². The van der Waals surface area contributed by atoms with E-state index in [-0.39, 0.29) is 17.4 Å². The molecule has 6 heteroatoms. The van der Waals surface area contributed by atoms with Gasteiger partial charge in [0.2, 0.25) is 5.91 Å². The Hall–Kier alpha value is -2.04. The maximum absolute atomic E-state index is 12.6. The van der Waals surface area contributed by atoms with E-state index in [1.165, 1.54) is 0 Å². The van der Waals surface area contributed by atoms with Crippen LogP contribution in [-0.2, 0) is 11.3 Å². The molecule has 0 radical (unpaired) electrons. The summed E-state index contributed by atoms with van der Waals surface area (Å²) in [7, 11) is 0. The Morgan fingerprint density at radius 2 is 1.89 bits per heavy atom. The first-order valence-electron chi connectivity index (χ1n) is 9.43. The van der Waals surface area contributed by atoms with Crippen LogP contribution in [0.5, 0.6) is 0 Å². The summed E-state index contributed by atoms with van der Waals surface area (Å²) in [5, 5.41) is 1.25. The molecule has 28 heavy (non-hydrogen) atoms. The van der Waals surface area contributed by atoms with E-state index < -0.39 is 0 Å². The lowest BCUT2D eigenvalue weighted by atomic mass is 10.1. The third-order valence-electron chi connectivity index (χ3n) is 5.33. The molecular formula is C22H23Cl2N3O. The van der Waals surface area contributed by atoms with Crippen molar-refractivity contribution in [3.8, 4) is 0 Å². The molecule has 1 aliphatic heterocycles. The van der Waals surface area contributed by atoms with Gasteiger partial charge in [-0.3, -0.25) is 4.79 Å². The molecule has 1 amide bonds. The standard InChI is InChI=1S/C22H23Cl2N3O/c1-22(2,3)27-13-15(10-20(27)28)21-25-18-6-4-5-7-19(18)26(21)12-14-8-9-16(23)11-17(14)24/h4-9,11,15H,10,12-13H2,1-3H3. The SMILES string of the molecule is CC(C)(C)N1CC(c2nc3ccccc3n2Cc2ccc(Cl)cc2Cl)CC1=O. The molecule has 0 bridgehead atoms. The van der Waals surface area contributed by atoms with Gasteiger partial charge in [-0.15, -0.1) is 0 Å². The van der Waals surface area contributed by atoms with E-state index in [4.69, 9.17) is 28.2 Å². The van der Waals surface area contributed by atoms with Crippen molar-refractivity contribution in [1.29, 1.82) is 0 Å². The van der Waals surface area contributed by atoms with Gasteiger partial charge in [-0.05, 0) is 50.6 Å². The molecule has 1 saturated heterocycles. The molecule has 2 heterocycles. The number of hydrogen-bond acceptors (Lipinski definition) is 2. The smallest absolute Gasteiger partial charge is 0.223 e. The normalized spacial score (nSPS) is 17.7. The molecular weight excluding hydrogens is 393 g/mol. The molecule has 1 aliphatic rings. The fourth-order valence-corrected chi connectivity index (χ4v) is 4.39. The number of halogens is 2. The predicted octanol–water partition coefficient (Wildman–Crippen LogP) is 5.51. The van der Waals surface area contributed by atoms with Gasteiger partial charge in [0.05, 0.1) is 17.6 Å². The second-order valence-corrected chi connectivity index (χ2v) is 9.20. The molecule has 1 fully saturated rings. The van der Waals surface area contributed by atoms with Crippen LogP contribution in [0.1, 0.15) is 44.5 Å². The summed E-state index contributed by atoms with van der Waals surface area (Å²) in [6.07, 6.45) is 0.481. The number of para-hydroxylation sites is 2. The number of imidazole rings is 1. The van der Waals surface area contributed by atoms with Crippen molar-refractivity contribution in [1.82, 2.24) is 14.5 Å². The van der Waals surface area contributed by atoms with Gasteiger partial charge >= 0.3 is 0 Å². The van der Waals surface area contributed by atoms with Gasteiger partial charge in [0, 0.05) is 34.5 Å². The molecule has 146 valence electrons. The van der Waals surface area contributed by atoms with Gasteiger partial charge in [-0.2, -0.15) is 0 Å². The van der Waals surface area contributed by atoms with E-state index in [2.05, 4.69) is 31.4 Å². The Balaban J connectivity index is 1.77. The highest BCUT2D eigenvalue weighted by atomic mass is 35.5. The number of amides is 1. The maximum atomic E-state index is 12.6. The summed E-state index contributed by atoms with van der Waals surface area (Å²) in [5.41, 5.74) is 2.77. The van der Waals surface area contributed by atoms with Crippen LogP contribution in [0.15, 0.2) is 42.5 Å². The Labute approximate surface area is 175 Å². The van der Waals surface area contributed by atoms with Gasteiger partial charge in [0.15, 0.2) is 0 Å². The molecule has 0 aliphatic carbocycles. The van der Waals surface area contributed by atoms with Crippen molar-refractivity contribution >= 4 is 40.1 Å². The van der Waals surface area contributed by atoms with Gasteiger partial charge < -0.3 is 9.47 Å². The van der Waals surface area contributed by atoms with Crippen LogP contribution in [0.25, 0.3) is 11.0 Å². The van der Waals surface area contributed by atoms with E-state index in [0.717, 1.165) is 22.4 Å². The fraction of sp³-hybridized carbons (Fsp3) is 0.364. The Kier molecular flexibility index (Phi) is 4.88. The molecule has 0 spiro atoms. The second-order valence-electron chi connectivity index (χ2n) is 8.36. The maximum Gasteiger partial charge on any atom is 0.223 e. The number of nitrogens with zero attached hydrogens (tertiary/aromatic N) is 3. The van der Waals surface area contributed by atoms with Crippen molar-refractivity contribution < 1.29 is 4.79 Å².